The average molecular weight is 438 g/mol. The Morgan fingerprint density at radius 3 is 1.29 bits per heavy atom. The number of hydrogen-bond acceptors (Lipinski definition) is 8. The van der Waals surface area contributed by atoms with E-state index in [1.54, 1.807) is 0 Å². The Kier molecular flexibility index (Phi) is 6.37. The maximum absolute atomic E-state index is 11.6. The number of phenolic OH excluding ortho intramolecular Hbond substituents is 2. The molecule has 0 spiro atoms. The van der Waals surface area contributed by atoms with E-state index < -0.39 is 30.0 Å². The molecule has 4 rings (SSSR count). The second-order valence-corrected chi connectivity index (χ2v) is 8.46. The number of rotatable bonds is 2. The van der Waals surface area contributed by atoms with Crippen molar-refractivity contribution in [3.63, 3.8) is 0 Å². The van der Waals surface area contributed by atoms with Gasteiger partial charge in [0.25, 0.3) is 0 Å². The van der Waals surface area contributed by atoms with Crippen molar-refractivity contribution >= 4 is 52.6 Å². The Balaban J connectivity index is 0.00000140. The molecule has 0 saturated carbocycles. The predicted molar refractivity (Wildman–Crippen MR) is 89.4 cm³/mol. The number of hydrogen-bond donors (Lipinski definition) is 2. The molecular weight excluding hydrogens is 430 g/mol. The van der Waals surface area contributed by atoms with Crippen LogP contribution in [0.2, 0.25) is 0 Å². The first kappa shape index (κ1) is 23.6. The van der Waals surface area contributed by atoms with E-state index in [-0.39, 0.29) is 103 Å². The van der Waals surface area contributed by atoms with Crippen LogP contribution < -0.4 is 59.1 Å². The van der Waals surface area contributed by atoms with Crippen molar-refractivity contribution in [2.24, 2.45) is 0 Å². The first-order valence-corrected chi connectivity index (χ1v) is 9.90. The number of benzene rings is 4. The van der Waals surface area contributed by atoms with Crippen LogP contribution in [-0.4, -0.2) is 36.2 Å². The fraction of sp³-hybridized carbons (Fsp3) is 0. The summed E-state index contributed by atoms with van der Waals surface area (Å²) < 4.78 is 69.8. The van der Waals surface area contributed by atoms with Gasteiger partial charge in [-0.1, -0.05) is 12.1 Å². The quantitative estimate of drug-likeness (QED) is 0.181. The van der Waals surface area contributed by atoms with Crippen LogP contribution in [-0.2, 0) is 20.2 Å². The average Bonchev–Trinajstić information content (AvgIpc) is 2.52. The summed E-state index contributed by atoms with van der Waals surface area (Å²) in [6.45, 7) is 0. The molecule has 28 heavy (non-hydrogen) atoms. The first-order valence-electron chi connectivity index (χ1n) is 7.08. The molecule has 4 aromatic rings. The third-order valence-corrected chi connectivity index (χ3v) is 6.07. The van der Waals surface area contributed by atoms with Gasteiger partial charge < -0.3 is 19.3 Å². The van der Waals surface area contributed by atoms with Crippen LogP contribution in [0.5, 0.6) is 11.5 Å². The third kappa shape index (κ3) is 3.52. The summed E-state index contributed by atoms with van der Waals surface area (Å²) in [5.74, 6) is -0.655. The van der Waals surface area contributed by atoms with E-state index in [2.05, 4.69) is 0 Å². The smallest absolute Gasteiger partial charge is 0.744 e. The van der Waals surface area contributed by atoms with Crippen LogP contribution in [0.4, 0.5) is 0 Å². The molecule has 0 fully saturated rings. The van der Waals surface area contributed by atoms with Crippen molar-refractivity contribution in [1.82, 2.24) is 0 Å². The van der Waals surface area contributed by atoms with E-state index in [4.69, 9.17) is 0 Å². The van der Waals surface area contributed by atoms with Crippen molar-refractivity contribution in [3.05, 3.63) is 36.4 Å². The standard InChI is InChI=1S/C16H10O8S2.2Na/c17-11-5-12(18)8-2-4-10-14(26(22,23)24)6-13(25(19,20)21)9-3-1-7(11)15(8)16(9)10;;/h1-6,17-18H,(H,19,20,21)(H,22,23,24);;/q;2*+1/p-2. The molecule has 2 N–H and O–H groups in total. The van der Waals surface area contributed by atoms with E-state index in [1.807, 2.05) is 0 Å². The van der Waals surface area contributed by atoms with E-state index in [0.29, 0.717) is 6.07 Å². The summed E-state index contributed by atoms with van der Waals surface area (Å²) in [6, 6.07) is 6.81. The molecule has 0 amide bonds. The Hall–Kier alpha value is -0.660. The van der Waals surface area contributed by atoms with Crippen LogP contribution in [0.25, 0.3) is 32.3 Å². The van der Waals surface area contributed by atoms with Gasteiger partial charge >= 0.3 is 59.1 Å². The maximum atomic E-state index is 11.6. The first-order chi connectivity index (χ1) is 12.0. The molecule has 4 aromatic carbocycles. The molecule has 0 aromatic heterocycles. The van der Waals surface area contributed by atoms with Crippen molar-refractivity contribution in [3.8, 4) is 11.5 Å². The van der Waals surface area contributed by atoms with Crippen LogP contribution in [0, 0.1) is 0 Å². The molecule has 134 valence electrons. The fourth-order valence-corrected chi connectivity index (χ4v) is 4.78. The predicted octanol–water partition coefficient (Wildman–Crippen LogP) is -4.19. The van der Waals surface area contributed by atoms with Gasteiger partial charge in [-0.15, -0.1) is 0 Å². The molecule has 0 aliphatic heterocycles. The molecular formula is C16H8Na2O8S2. The molecule has 8 nitrogen and oxygen atoms in total. The van der Waals surface area contributed by atoms with Crippen molar-refractivity contribution in [1.29, 1.82) is 0 Å². The second-order valence-electron chi connectivity index (χ2n) is 5.77. The molecule has 12 heteroatoms. The van der Waals surface area contributed by atoms with Gasteiger partial charge in [-0.05, 0) is 18.2 Å². The minimum Gasteiger partial charge on any atom is -0.744 e. The Morgan fingerprint density at radius 2 is 0.929 bits per heavy atom. The fourth-order valence-electron chi connectivity index (χ4n) is 3.31. The Labute approximate surface area is 203 Å². The van der Waals surface area contributed by atoms with Crippen molar-refractivity contribution in [2.75, 3.05) is 0 Å². The van der Waals surface area contributed by atoms with Crippen LogP contribution in [0.3, 0.4) is 0 Å². The summed E-state index contributed by atoms with van der Waals surface area (Å²) in [6.07, 6.45) is 0. The Bertz CT molecular complexity index is 1340. The van der Waals surface area contributed by atoms with E-state index in [0.717, 1.165) is 6.07 Å². The van der Waals surface area contributed by atoms with Gasteiger partial charge in [-0.25, -0.2) is 16.8 Å². The zero-order chi connectivity index (χ0) is 19.0. The number of aromatic hydroxyl groups is 2. The van der Waals surface area contributed by atoms with Gasteiger partial charge in [-0.2, -0.15) is 0 Å². The van der Waals surface area contributed by atoms with Gasteiger partial charge in [0.1, 0.15) is 31.7 Å². The Morgan fingerprint density at radius 1 is 0.607 bits per heavy atom. The molecule has 0 unspecified atom stereocenters. The molecule has 0 aliphatic rings. The summed E-state index contributed by atoms with van der Waals surface area (Å²) in [4.78, 5) is -1.73. The molecule has 0 bridgehead atoms. The molecule has 0 saturated heterocycles. The van der Waals surface area contributed by atoms with Crippen LogP contribution >= 0.6 is 0 Å². The summed E-state index contributed by atoms with van der Waals surface area (Å²) in [5.41, 5.74) is 0. The third-order valence-electron chi connectivity index (χ3n) is 4.32. The molecule has 0 aliphatic carbocycles. The minimum atomic E-state index is -5.11. The second kappa shape index (κ2) is 7.55. The van der Waals surface area contributed by atoms with Crippen molar-refractivity contribution in [2.45, 2.75) is 9.79 Å². The van der Waals surface area contributed by atoms with Crippen LogP contribution in [0.15, 0.2) is 46.2 Å². The van der Waals surface area contributed by atoms with Gasteiger partial charge in [0, 0.05) is 38.4 Å². The van der Waals surface area contributed by atoms with Gasteiger partial charge in [0.2, 0.25) is 0 Å². The number of phenols is 2. The molecule has 0 radical (unpaired) electrons. The molecule has 0 atom stereocenters. The zero-order valence-electron chi connectivity index (χ0n) is 14.6. The van der Waals surface area contributed by atoms with E-state index in [9.17, 15) is 36.2 Å². The summed E-state index contributed by atoms with van der Waals surface area (Å²) in [7, 11) is -10.2. The summed E-state index contributed by atoms with van der Waals surface area (Å²) >= 11 is 0. The van der Waals surface area contributed by atoms with Gasteiger partial charge in [0.05, 0.1) is 9.79 Å². The van der Waals surface area contributed by atoms with Crippen LogP contribution in [0.1, 0.15) is 0 Å². The minimum absolute atomic E-state index is 0. The summed E-state index contributed by atoms with van der Waals surface area (Å²) in [5, 5.41) is 20.4. The largest absolute Gasteiger partial charge is 1.00 e. The maximum Gasteiger partial charge on any atom is 1.00 e. The topological polar surface area (TPSA) is 155 Å². The monoisotopic (exact) mass is 438 g/mol. The van der Waals surface area contributed by atoms with Gasteiger partial charge in [-0.3, -0.25) is 0 Å². The molecule has 0 heterocycles. The van der Waals surface area contributed by atoms with Crippen molar-refractivity contribution < 1.29 is 95.3 Å². The van der Waals surface area contributed by atoms with E-state index in [1.165, 1.54) is 24.3 Å². The zero-order valence-corrected chi connectivity index (χ0v) is 20.3. The van der Waals surface area contributed by atoms with E-state index >= 15 is 0 Å². The van der Waals surface area contributed by atoms with Gasteiger partial charge in [0.15, 0.2) is 0 Å². The normalized spacial score (nSPS) is 12.2. The SMILES string of the molecule is O=S(=O)([O-])c1cc(S(=O)(=O)[O-])c2ccc3c(O)cc(O)c4ccc1c2c43.[Na+].[Na+].